The van der Waals surface area contributed by atoms with Gasteiger partial charge in [-0.05, 0) is 79.5 Å². The number of fused-ring (bicyclic) bond motifs is 1. The highest BCUT2D eigenvalue weighted by molar-refractivity contribution is 5.96. The zero-order valence-electron chi connectivity index (χ0n) is 40.7. The molecule has 4 heterocycles. The third-order valence-corrected chi connectivity index (χ3v) is 12.6. The summed E-state index contributed by atoms with van der Waals surface area (Å²) in [4.78, 5) is 69.1. The third-order valence-electron chi connectivity index (χ3n) is 12.6. The predicted octanol–water partition coefficient (Wildman–Crippen LogP) is 6.78. The van der Waals surface area contributed by atoms with Gasteiger partial charge >= 0.3 is 6.18 Å². The lowest BCUT2D eigenvalue weighted by Crippen LogP contribution is -2.59. The third kappa shape index (κ3) is 12.2. The Hall–Kier alpha value is -6.01. The van der Waals surface area contributed by atoms with Crippen molar-refractivity contribution in [2.24, 2.45) is 18.9 Å². The van der Waals surface area contributed by atoms with E-state index in [0.717, 1.165) is 12.8 Å². The van der Waals surface area contributed by atoms with Gasteiger partial charge in [-0.3, -0.25) is 33.7 Å². The number of rotatable bonds is 18. The average molecular weight is 949 g/mol. The topological polar surface area (TPSA) is 160 Å². The molecule has 2 N–H and O–H groups in total. The summed E-state index contributed by atoms with van der Waals surface area (Å²) in [6.45, 7) is 15.3. The second-order valence-electron chi connectivity index (χ2n) is 17.6. The van der Waals surface area contributed by atoms with E-state index in [0.29, 0.717) is 76.9 Å². The molecule has 0 radical (unpaired) electrons. The summed E-state index contributed by atoms with van der Waals surface area (Å²) in [5.41, 5.74) is 7.37. The van der Waals surface area contributed by atoms with Crippen LogP contribution in [-0.4, -0.2) is 124 Å². The van der Waals surface area contributed by atoms with E-state index in [1.807, 2.05) is 58.0 Å². The number of carbonyl (C=O) groups excluding carboxylic acids is 5. The first-order valence-corrected chi connectivity index (χ1v) is 23.4. The number of benzene rings is 2. The van der Waals surface area contributed by atoms with Crippen LogP contribution >= 0.6 is 0 Å². The molecule has 2 aromatic heterocycles. The fraction of sp³-hybridized carbons (Fsp3) is 0.520. The smallest absolute Gasteiger partial charge is 0.406 e. The van der Waals surface area contributed by atoms with Crippen LogP contribution in [0.15, 0.2) is 61.3 Å². The molecule has 2 aromatic carbocycles. The molecule has 0 bridgehead atoms. The number of likely N-dealkylation sites (N-methyl/N-ethyl adjacent to an activating group) is 1. The number of halogens is 3. The van der Waals surface area contributed by atoms with E-state index in [-0.39, 0.29) is 48.7 Å². The number of methoxy groups -OCH3 is 1. The second kappa shape index (κ2) is 23.3. The van der Waals surface area contributed by atoms with E-state index in [2.05, 4.69) is 22.4 Å². The van der Waals surface area contributed by atoms with E-state index in [9.17, 15) is 37.1 Å². The number of ether oxygens (including phenoxy) is 2. The lowest BCUT2D eigenvalue weighted by Gasteiger charge is -2.35. The first-order chi connectivity index (χ1) is 32.4. The number of amides is 4. The minimum Gasteiger partial charge on any atom is -0.465 e. The Morgan fingerprint density at radius 3 is 2.38 bits per heavy atom. The lowest BCUT2D eigenvalue weighted by molar-refractivity contribution is -0.145. The second-order valence-corrected chi connectivity index (χ2v) is 17.6. The molecule has 5 unspecified atom stereocenters. The average Bonchev–Trinajstić information content (AvgIpc) is 4.04. The minimum absolute atomic E-state index is 0.0853. The van der Waals surface area contributed by atoms with Crippen molar-refractivity contribution in [3.8, 4) is 22.4 Å². The molecule has 2 fully saturated rings. The van der Waals surface area contributed by atoms with Crippen LogP contribution in [0.4, 0.5) is 13.2 Å². The maximum atomic E-state index is 14.5. The quantitative estimate of drug-likeness (QED) is 0.0810. The van der Waals surface area contributed by atoms with Crippen LogP contribution in [0.25, 0.3) is 33.3 Å². The van der Waals surface area contributed by atoms with E-state index in [4.69, 9.17) is 9.47 Å². The van der Waals surface area contributed by atoms with Gasteiger partial charge in [-0.15, -0.1) is 0 Å². The zero-order valence-corrected chi connectivity index (χ0v) is 40.7. The number of alkyl halides is 3. The Bertz CT molecular complexity index is 2420. The molecule has 2 aliphatic rings. The molecule has 6 rings (SSSR count). The molecule has 18 heteroatoms. The number of aromatic nitrogens is 3. The number of hydrazine groups is 1. The fourth-order valence-corrected chi connectivity index (χ4v) is 9.39. The predicted molar refractivity (Wildman–Crippen MR) is 254 cm³/mol. The van der Waals surface area contributed by atoms with Crippen LogP contribution in [0.2, 0.25) is 0 Å². The van der Waals surface area contributed by atoms with Gasteiger partial charge in [0.05, 0.1) is 29.6 Å². The number of hydrogen-bond acceptors (Lipinski definition) is 9. The number of hydrogen-bond donors (Lipinski definition) is 2. The number of carbonyl (C=O) groups is 5. The van der Waals surface area contributed by atoms with Crippen molar-refractivity contribution in [1.29, 1.82) is 0 Å². The first kappa shape index (κ1) is 53.0. The number of likely N-dealkylation sites (tertiary alicyclic amines) is 1. The molecule has 2 aliphatic heterocycles. The van der Waals surface area contributed by atoms with Crippen LogP contribution in [0, 0.1) is 11.8 Å². The van der Waals surface area contributed by atoms with Gasteiger partial charge in [-0.2, -0.15) is 18.3 Å². The Morgan fingerprint density at radius 1 is 1.03 bits per heavy atom. The summed E-state index contributed by atoms with van der Waals surface area (Å²) in [5, 5.41) is 9.45. The lowest BCUT2D eigenvalue weighted by atomic mass is 9.95. The molecule has 0 spiro atoms. The summed E-state index contributed by atoms with van der Waals surface area (Å²) in [6, 6.07) is 10.7. The molecule has 15 nitrogen and oxygen atoms in total. The van der Waals surface area contributed by atoms with Crippen LogP contribution in [0.5, 0.6) is 0 Å². The van der Waals surface area contributed by atoms with Crippen LogP contribution in [-0.2, 0) is 59.9 Å². The van der Waals surface area contributed by atoms with E-state index in [1.165, 1.54) is 33.9 Å². The zero-order chi connectivity index (χ0) is 50.0. The van der Waals surface area contributed by atoms with Crippen LogP contribution in [0.1, 0.15) is 83.7 Å². The van der Waals surface area contributed by atoms with Crippen molar-refractivity contribution in [2.45, 2.75) is 111 Å². The molecule has 370 valence electrons. The Balaban J connectivity index is 0.00000426. The molecule has 4 aromatic rings. The highest BCUT2D eigenvalue weighted by Crippen LogP contribution is 2.41. The van der Waals surface area contributed by atoms with Crippen LogP contribution in [0.3, 0.4) is 0 Å². The van der Waals surface area contributed by atoms with Crippen molar-refractivity contribution >= 4 is 41.0 Å². The fourth-order valence-electron chi connectivity index (χ4n) is 9.39. The molecular formula is C50H67F3N8O7. The van der Waals surface area contributed by atoms with Gasteiger partial charge in [0.25, 0.3) is 12.4 Å². The highest BCUT2D eigenvalue weighted by atomic mass is 19.4. The van der Waals surface area contributed by atoms with Gasteiger partial charge in [-0.1, -0.05) is 64.6 Å². The highest BCUT2D eigenvalue weighted by Gasteiger charge is 2.39. The van der Waals surface area contributed by atoms with Crippen molar-refractivity contribution < 1.29 is 46.6 Å². The first-order valence-electron chi connectivity index (χ1n) is 23.4. The SMILES string of the molecule is C=CC(=O)N1CCC(C(=O)N(C)C(C(=O)NC(Cc2cccc(-c3ccc4c(c3)c(CC(C)OC=O)c(-c3cnn(C)c3C(C)OC)n4CC(F)(F)F)c2)C(=O)N2CCCCN2)C(C)C)C1.CC. The molecule has 0 saturated carbocycles. The van der Waals surface area contributed by atoms with Gasteiger partial charge in [-0.25, -0.2) is 5.43 Å². The van der Waals surface area contributed by atoms with E-state index < -0.39 is 48.8 Å². The Kier molecular flexibility index (Phi) is 18.2. The summed E-state index contributed by atoms with van der Waals surface area (Å²) in [6.07, 6.45) is -0.776. The summed E-state index contributed by atoms with van der Waals surface area (Å²) in [5.74, 6) is -2.18. The summed E-state index contributed by atoms with van der Waals surface area (Å²) in [7, 11) is 4.78. The largest absolute Gasteiger partial charge is 0.465 e. The number of aryl methyl sites for hydroxylation is 1. The molecule has 0 aliphatic carbocycles. The maximum absolute atomic E-state index is 14.5. The maximum Gasteiger partial charge on any atom is 0.406 e. The van der Waals surface area contributed by atoms with Crippen LogP contribution < -0.4 is 10.7 Å². The summed E-state index contributed by atoms with van der Waals surface area (Å²) < 4.78 is 57.2. The monoisotopic (exact) mass is 949 g/mol. The Morgan fingerprint density at radius 2 is 1.75 bits per heavy atom. The molecule has 4 amide bonds. The van der Waals surface area contributed by atoms with Gasteiger partial charge in [0, 0.05) is 76.7 Å². The molecule has 2 saturated heterocycles. The number of nitrogens with zero attached hydrogens (tertiary/aromatic N) is 6. The number of nitrogens with one attached hydrogen (secondary N) is 2. The molecule has 5 atom stereocenters. The van der Waals surface area contributed by atoms with Gasteiger partial charge in [0.1, 0.15) is 24.7 Å². The standard InChI is InChI=1S/C48H61F3N8O7.C2H6/c1-9-41(61)57-20-17-35(26-57)46(63)55(6)42(29(2)3)45(62)54-39(47(64)59-19-11-10-18-52-59)23-32-13-12-14-33(22-32)34-15-16-40-36(24-34)37(21-30(4)66-28-60)44(58(40)27-48(49,50)51)38-25-53-56(7)43(38)31(5)65-8;1-2/h9,12-16,22,24-25,28-31,35,39,42,52H,1,10-11,17-21,23,26-27H2,2-8H3,(H,54,62);1-2H3. The van der Waals surface area contributed by atoms with Gasteiger partial charge < -0.3 is 29.2 Å². The van der Waals surface area contributed by atoms with Crippen molar-refractivity contribution in [1.82, 2.24) is 39.9 Å². The Labute approximate surface area is 396 Å². The van der Waals surface area contributed by atoms with Crippen molar-refractivity contribution in [3.05, 3.63) is 78.1 Å². The van der Waals surface area contributed by atoms with Gasteiger partial charge in [0.2, 0.25) is 17.7 Å². The molecule has 68 heavy (non-hydrogen) atoms. The van der Waals surface area contributed by atoms with Crippen molar-refractivity contribution in [3.63, 3.8) is 0 Å². The minimum atomic E-state index is -4.59. The normalized spacial score (nSPS) is 16.9. The van der Waals surface area contributed by atoms with Gasteiger partial charge in [0.15, 0.2) is 0 Å². The summed E-state index contributed by atoms with van der Waals surface area (Å²) >= 11 is 0. The van der Waals surface area contributed by atoms with E-state index in [1.54, 1.807) is 49.7 Å². The molecular weight excluding hydrogens is 882 g/mol. The van der Waals surface area contributed by atoms with Crippen molar-refractivity contribution in [2.75, 3.05) is 40.3 Å². The van der Waals surface area contributed by atoms with E-state index >= 15 is 0 Å².